The summed E-state index contributed by atoms with van der Waals surface area (Å²) in [5.74, 6) is 1.34. The largest absolute Gasteiger partial charge is 0.496 e. The number of hydrogen-bond acceptors (Lipinski definition) is 5. The predicted molar refractivity (Wildman–Crippen MR) is 74.7 cm³/mol. The highest BCUT2D eigenvalue weighted by atomic mass is 16.5. The fourth-order valence-electron chi connectivity index (χ4n) is 2.17. The SMILES string of the molecule is COc1cc(OC)c(CN2C(=O)CCNC2=O)c(OC)c1. The van der Waals surface area contributed by atoms with Gasteiger partial charge in [-0.25, -0.2) is 4.79 Å². The summed E-state index contributed by atoms with van der Waals surface area (Å²) in [6, 6.07) is 2.96. The lowest BCUT2D eigenvalue weighted by molar-refractivity contribution is -0.129. The monoisotopic (exact) mass is 294 g/mol. The average molecular weight is 294 g/mol. The fourth-order valence-corrected chi connectivity index (χ4v) is 2.17. The smallest absolute Gasteiger partial charge is 0.324 e. The molecule has 1 fully saturated rings. The number of methoxy groups -OCH3 is 3. The van der Waals surface area contributed by atoms with Crippen molar-refractivity contribution in [3.05, 3.63) is 17.7 Å². The molecule has 21 heavy (non-hydrogen) atoms. The molecule has 7 heteroatoms. The van der Waals surface area contributed by atoms with E-state index in [1.54, 1.807) is 12.1 Å². The van der Waals surface area contributed by atoms with E-state index < -0.39 is 6.03 Å². The van der Waals surface area contributed by atoms with Gasteiger partial charge in [-0.15, -0.1) is 0 Å². The molecule has 0 bridgehead atoms. The number of carbonyl (C=O) groups excluding carboxylic acids is 2. The summed E-state index contributed by atoms with van der Waals surface area (Å²) in [5, 5.41) is 2.64. The first-order chi connectivity index (χ1) is 10.1. The molecule has 0 radical (unpaired) electrons. The minimum Gasteiger partial charge on any atom is -0.496 e. The second-order valence-electron chi connectivity index (χ2n) is 4.47. The van der Waals surface area contributed by atoms with E-state index in [0.717, 1.165) is 4.90 Å². The summed E-state index contributed by atoms with van der Waals surface area (Å²) in [5.41, 5.74) is 0.617. The predicted octanol–water partition coefficient (Wildman–Crippen LogP) is 1.15. The molecule has 1 aromatic carbocycles. The maximum absolute atomic E-state index is 11.9. The van der Waals surface area contributed by atoms with Crippen molar-refractivity contribution < 1.29 is 23.8 Å². The lowest BCUT2D eigenvalue weighted by Gasteiger charge is -2.27. The number of hydrogen-bond donors (Lipinski definition) is 1. The van der Waals surface area contributed by atoms with Crippen molar-refractivity contribution in [2.75, 3.05) is 27.9 Å². The van der Waals surface area contributed by atoms with Crippen LogP contribution in [0.5, 0.6) is 17.2 Å². The van der Waals surface area contributed by atoms with Crippen LogP contribution in [0.3, 0.4) is 0 Å². The summed E-state index contributed by atoms with van der Waals surface area (Å²) >= 11 is 0. The molecule has 114 valence electrons. The third-order valence-corrected chi connectivity index (χ3v) is 3.29. The maximum atomic E-state index is 11.9. The number of imide groups is 1. The molecule has 0 spiro atoms. The zero-order valence-electron chi connectivity index (χ0n) is 12.3. The quantitative estimate of drug-likeness (QED) is 0.881. The number of ether oxygens (including phenoxy) is 3. The van der Waals surface area contributed by atoms with Gasteiger partial charge in [0, 0.05) is 25.1 Å². The van der Waals surface area contributed by atoms with Crippen LogP contribution in [0.15, 0.2) is 12.1 Å². The third kappa shape index (κ3) is 3.01. The van der Waals surface area contributed by atoms with Crippen LogP contribution >= 0.6 is 0 Å². The standard InChI is InChI=1S/C14H18N2O5/c1-19-9-6-11(20-2)10(12(7-9)21-3)8-16-13(17)4-5-15-14(16)18/h6-7H,4-5,8H2,1-3H3,(H,15,18). The average Bonchev–Trinajstić information content (AvgIpc) is 2.50. The van der Waals surface area contributed by atoms with Gasteiger partial charge < -0.3 is 19.5 Å². The van der Waals surface area contributed by atoms with Crippen molar-refractivity contribution >= 4 is 11.9 Å². The van der Waals surface area contributed by atoms with E-state index in [9.17, 15) is 9.59 Å². The van der Waals surface area contributed by atoms with Gasteiger partial charge in [0.15, 0.2) is 0 Å². The summed E-state index contributed by atoms with van der Waals surface area (Å²) in [6.45, 7) is 0.450. The number of carbonyl (C=O) groups is 2. The summed E-state index contributed by atoms with van der Waals surface area (Å²) in [4.78, 5) is 24.9. The van der Waals surface area contributed by atoms with Gasteiger partial charge >= 0.3 is 6.03 Å². The Morgan fingerprint density at radius 2 is 1.71 bits per heavy atom. The first kappa shape index (κ1) is 15.0. The highest BCUT2D eigenvalue weighted by molar-refractivity contribution is 5.96. The third-order valence-electron chi connectivity index (χ3n) is 3.29. The van der Waals surface area contributed by atoms with Gasteiger partial charge in [-0.1, -0.05) is 0 Å². The van der Waals surface area contributed by atoms with Gasteiger partial charge in [-0.2, -0.15) is 0 Å². The van der Waals surface area contributed by atoms with E-state index in [1.165, 1.54) is 21.3 Å². The Labute approximate surface area is 122 Å². The normalized spacial score (nSPS) is 14.7. The highest BCUT2D eigenvalue weighted by Crippen LogP contribution is 2.35. The number of urea groups is 1. The van der Waals surface area contributed by atoms with E-state index >= 15 is 0 Å². The van der Waals surface area contributed by atoms with Crippen molar-refractivity contribution in [1.29, 1.82) is 0 Å². The first-order valence-electron chi connectivity index (χ1n) is 6.47. The van der Waals surface area contributed by atoms with Crippen molar-refractivity contribution in [2.45, 2.75) is 13.0 Å². The molecule has 0 aliphatic carbocycles. The molecule has 0 atom stereocenters. The van der Waals surface area contributed by atoms with Crippen LogP contribution in [0, 0.1) is 0 Å². The molecular weight excluding hydrogens is 276 g/mol. The van der Waals surface area contributed by atoms with E-state index in [2.05, 4.69) is 5.32 Å². The van der Waals surface area contributed by atoms with Crippen LogP contribution in [0.1, 0.15) is 12.0 Å². The van der Waals surface area contributed by atoms with Crippen LogP contribution < -0.4 is 19.5 Å². The van der Waals surface area contributed by atoms with Crippen LogP contribution in [0.4, 0.5) is 4.79 Å². The van der Waals surface area contributed by atoms with E-state index in [0.29, 0.717) is 29.4 Å². The molecule has 1 aromatic rings. The van der Waals surface area contributed by atoms with Crippen LogP contribution in [0.2, 0.25) is 0 Å². The van der Waals surface area contributed by atoms with Gasteiger partial charge in [-0.05, 0) is 0 Å². The number of benzene rings is 1. The maximum Gasteiger partial charge on any atom is 0.324 e. The minimum absolute atomic E-state index is 0.0843. The van der Waals surface area contributed by atoms with Gasteiger partial charge in [-0.3, -0.25) is 9.69 Å². The number of amides is 3. The van der Waals surface area contributed by atoms with Crippen LogP contribution in [-0.4, -0.2) is 44.7 Å². The lowest BCUT2D eigenvalue weighted by atomic mass is 10.1. The molecule has 3 amide bonds. The number of nitrogens with zero attached hydrogens (tertiary/aromatic N) is 1. The molecular formula is C14H18N2O5. The summed E-state index contributed by atoms with van der Waals surface area (Å²) < 4.78 is 15.8. The highest BCUT2D eigenvalue weighted by Gasteiger charge is 2.28. The first-order valence-corrected chi connectivity index (χ1v) is 6.47. The molecule has 0 aromatic heterocycles. The Kier molecular flexibility index (Phi) is 4.52. The Morgan fingerprint density at radius 3 is 2.19 bits per heavy atom. The van der Waals surface area contributed by atoms with Crippen molar-refractivity contribution in [1.82, 2.24) is 10.2 Å². The fraction of sp³-hybridized carbons (Fsp3) is 0.429. The molecule has 1 aliphatic rings. The van der Waals surface area contributed by atoms with Gasteiger partial charge in [0.25, 0.3) is 0 Å². The van der Waals surface area contributed by atoms with Crippen LogP contribution in [-0.2, 0) is 11.3 Å². The van der Waals surface area contributed by atoms with Gasteiger partial charge in [0.05, 0.1) is 33.4 Å². The Morgan fingerprint density at radius 1 is 1.10 bits per heavy atom. The number of rotatable bonds is 5. The van der Waals surface area contributed by atoms with Crippen molar-refractivity contribution in [3.63, 3.8) is 0 Å². The molecule has 0 unspecified atom stereocenters. The molecule has 0 saturated carbocycles. The molecule has 2 rings (SSSR count). The Balaban J connectivity index is 2.37. The second-order valence-corrected chi connectivity index (χ2v) is 4.47. The zero-order chi connectivity index (χ0) is 15.4. The van der Waals surface area contributed by atoms with E-state index in [1.807, 2.05) is 0 Å². The number of nitrogens with one attached hydrogen (secondary N) is 1. The van der Waals surface area contributed by atoms with Crippen molar-refractivity contribution in [3.8, 4) is 17.2 Å². The molecule has 7 nitrogen and oxygen atoms in total. The van der Waals surface area contributed by atoms with Gasteiger partial charge in [0.2, 0.25) is 5.91 Å². The summed E-state index contributed by atoms with van der Waals surface area (Å²) in [7, 11) is 4.56. The zero-order valence-corrected chi connectivity index (χ0v) is 12.3. The lowest BCUT2D eigenvalue weighted by Crippen LogP contribution is -2.49. The summed E-state index contributed by atoms with van der Waals surface area (Å²) in [6.07, 6.45) is 0.284. The van der Waals surface area contributed by atoms with Crippen LogP contribution in [0.25, 0.3) is 0 Å². The van der Waals surface area contributed by atoms with E-state index in [-0.39, 0.29) is 18.9 Å². The Hall–Kier alpha value is -2.44. The van der Waals surface area contributed by atoms with Crippen molar-refractivity contribution in [2.24, 2.45) is 0 Å². The van der Waals surface area contributed by atoms with Gasteiger partial charge in [0.1, 0.15) is 17.2 Å². The molecule has 1 N–H and O–H groups in total. The van der Waals surface area contributed by atoms with E-state index in [4.69, 9.17) is 14.2 Å². The molecule has 1 saturated heterocycles. The molecule has 1 heterocycles. The Bertz CT molecular complexity index is 517. The topological polar surface area (TPSA) is 77.1 Å². The minimum atomic E-state index is -0.411. The molecule has 1 aliphatic heterocycles. The second kappa shape index (κ2) is 6.34.